The molecule has 1 atom stereocenters. The molecule has 0 radical (unpaired) electrons. The minimum atomic E-state index is 0.837. The third-order valence-corrected chi connectivity index (χ3v) is 2.82. The first-order valence-corrected chi connectivity index (χ1v) is 5.57. The Labute approximate surface area is 82.7 Å². The van der Waals surface area contributed by atoms with E-state index >= 15 is 0 Å². The van der Waals surface area contributed by atoms with E-state index in [1.807, 2.05) is 0 Å². The number of rotatable bonds is 5. The van der Waals surface area contributed by atoms with Crippen molar-refractivity contribution >= 4 is 0 Å². The second kappa shape index (κ2) is 5.61. The fourth-order valence-corrected chi connectivity index (χ4v) is 1.88. The van der Waals surface area contributed by atoms with E-state index in [0.29, 0.717) is 0 Å². The molecule has 0 aliphatic carbocycles. The van der Waals surface area contributed by atoms with Crippen molar-refractivity contribution < 1.29 is 0 Å². The van der Waals surface area contributed by atoms with E-state index in [1.54, 1.807) is 0 Å². The van der Waals surface area contributed by atoms with Crippen LogP contribution in [0.5, 0.6) is 0 Å². The Bertz CT molecular complexity index is 128. The van der Waals surface area contributed by atoms with Gasteiger partial charge in [-0.3, -0.25) is 0 Å². The highest BCUT2D eigenvalue weighted by Crippen LogP contribution is 2.09. The summed E-state index contributed by atoms with van der Waals surface area (Å²) in [6, 6.07) is 0. The second-order valence-electron chi connectivity index (χ2n) is 4.80. The minimum Gasteiger partial charge on any atom is -0.316 e. The van der Waals surface area contributed by atoms with E-state index in [0.717, 1.165) is 11.8 Å². The van der Waals surface area contributed by atoms with Crippen LogP contribution in [-0.2, 0) is 0 Å². The summed E-state index contributed by atoms with van der Waals surface area (Å²) in [5.74, 6) is 1.74. The average Bonchev–Trinajstić information content (AvgIpc) is 2.53. The first kappa shape index (κ1) is 11.0. The van der Waals surface area contributed by atoms with E-state index in [4.69, 9.17) is 0 Å². The lowest BCUT2D eigenvalue weighted by Crippen LogP contribution is -2.28. The molecule has 1 aliphatic rings. The largest absolute Gasteiger partial charge is 0.316 e. The van der Waals surface area contributed by atoms with E-state index in [9.17, 15) is 0 Å². The third kappa shape index (κ3) is 4.63. The quantitative estimate of drug-likeness (QED) is 0.698. The summed E-state index contributed by atoms with van der Waals surface area (Å²) in [6.07, 6.45) is 2.70. The Kier molecular flexibility index (Phi) is 4.74. The van der Waals surface area contributed by atoms with Crippen LogP contribution in [0.15, 0.2) is 0 Å². The molecule has 0 aromatic rings. The summed E-state index contributed by atoms with van der Waals surface area (Å²) in [5.41, 5.74) is 0. The molecule has 0 saturated carbocycles. The average molecular weight is 184 g/mol. The van der Waals surface area contributed by atoms with Gasteiger partial charge in [-0.2, -0.15) is 0 Å². The van der Waals surface area contributed by atoms with Crippen molar-refractivity contribution in [2.45, 2.75) is 26.7 Å². The normalized spacial score (nSPS) is 23.3. The molecular weight excluding hydrogens is 160 g/mol. The van der Waals surface area contributed by atoms with Gasteiger partial charge in [0.15, 0.2) is 0 Å². The molecule has 1 saturated heterocycles. The van der Waals surface area contributed by atoms with Gasteiger partial charge in [0.1, 0.15) is 0 Å². The van der Waals surface area contributed by atoms with Crippen molar-refractivity contribution in [1.29, 1.82) is 0 Å². The standard InChI is InChI=1S/C11H24N2/c1-10(2)5-7-13(3)9-11-4-6-12-8-11/h10-12H,4-9H2,1-3H3. The molecule has 2 heteroatoms. The third-order valence-electron chi connectivity index (χ3n) is 2.82. The monoisotopic (exact) mass is 184 g/mol. The summed E-state index contributed by atoms with van der Waals surface area (Å²) in [4.78, 5) is 2.48. The van der Waals surface area contributed by atoms with Gasteiger partial charge in [0, 0.05) is 6.54 Å². The maximum absolute atomic E-state index is 3.42. The topological polar surface area (TPSA) is 15.3 Å². The van der Waals surface area contributed by atoms with Crippen molar-refractivity contribution in [3.8, 4) is 0 Å². The van der Waals surface area contributed by atoms with Crippen molar-refractivity contribution in [2.24, 2.45) is 11.8 Å². The SMILES string of the molecule is CC(C)CCN(C)CC1CCNC1. The van der Waals surface area contributed by atoms with Crippen LogP contribution in [0, 0.1) is 11.8 Å². The van der Waals surface area contributed by atoms with Crippen LogP contribution < -0.4 is 5.32 Å². The molecule has 1 N–H and O–H groups in total. The van der Waals surface area contributed by atoms with Crippen molar-refractivity contribution in [3.05, 3.63) is 0 Å². The summed E-state index contributed by atoms with van der Waals surface area (Å²) < 4.78 is 0. The molecule has 1 aliphatic heterocycles. The molecule has 2 nitrogen and oxygen atoms in total. The van der Waals surface area contributed by atoms with Crippen LogP contribution in [0.3, 0.4) is 0 Å². The highest BCUT2D eigenvalue weighted by atomic mass is 15.1. The predicted molar refractivity (Wildman–Crippen MR) is 57.9 cm³/mol. The summed E-state index contributed by atoms with van der Waals surface area (Å²) in [6.45, 7) is 9.58. The number of hydrogen-bond donors (Lipinski definition) is 1. The maximum Gasteiger partial charge on any atom is 0.00192 e. The first-order chi connectivity index (χ1) is 6.18. The van der Waals surface area contributed by atoms with Crippen molar-refractivity contribution in [3.63, 3.8) is 0 Å². The second-order valence-corrected chi connectivity index (χ2v) is 4.80. The smallest absolute Gasteiger partial charge is 0.00192 e. The Hall–Kier alpha value is -0.0800. The van der Waals surface area contributed by atoms with Gasteiger partial charge in [-0.1, -0.05) is 13.8 Å². The summed E-state index contributed by atoms with van der Waals surface area (Å²) in [7, 11) is 2.25. The zero-order valence-corrected chi connectivity index (χ0v) is 9.34. The van der Waals surface area contributed by atoms with Crippen LogP contribution >= 0.6 is 0 Å². The predicted octanol–water partition coefficient (Wildman–Crippen LogP) is 1.57. The lowest BCUT2D eigenvalue weighted by molar-refractivity contribution is 0.270. The van der Waals surface area contributed by atoms with Gasteiger partial charge >= 0.3 is 0 Å². The Morgan fingerprint density at radius 3 is 2.77 bits per heavy atom. The van der Waals surface area contributed by atoms with Gasteiger partial charge in [0.05, 0.1) is 0 Å². The van der Waals surface area contributed by atoms with E-state index in [1.165, 1.54) is 39.0 Å². The highest BCUT2D eigenvalue weighted by Gasteiger charge is 2.15. The van der Waals surface area contributed by atoms with Crippen LogP contribution in [0.4, 0.5) is 0 Å². The van der Waals surface area contributed by atoms with Gasteiger partial charge in [-0.05, 0) is 51.4 Å². The lowest BCUT2D eigenvalue weighted by atomic mass is 10.1. The van der Waals surface area contributed by atoms with Gasteiger partial charge in [0.25, 0.3) is 0 Å². The van der Waals surface area contributed by atoms with Crippen molar-refractivity contribution in [1.82, 2.24) is 10.2 Å². The van der Waals surface area contributed by atoms with Gasteiger partial charge in [-0.15, -0.1) is 0 Å². The number of hydrogen-bond acceptors (Lipinski definition) is 2. The molecule has 1 unspecified atom stereocenters. The van der Waals surface area contributed by atoms with Crippen LogP contribution in [-0.4, -0.2) is 38.1 Å². The van der Waals surface area contributed by atoms with Crippen LogP contribution in [0.1, 0.15) is 26.7 Å². The maximum atomic E-state index is 3.42. The molecule has 78 valence electrons. The van der Waals surface area contributed by atoms with Gasteiger partial charge < -0.3 is 10.2 Å². The Balaban J connectivity index is 2.05. The van der Waals surface area contributed by atoms with Gasteiger partial charge in [-0.25, -0.2) is 0 Å². The summed E-state index contributed by atoms with van der Waals surface area (Å²) in [5, 5.41) is 3.42. The molecule has 1 heterocycles. The molecule has 1 rings (SSSR count). The zero-order chi connectivity index (χ0) is 9.68. The molecule has 0 amide bonds. The van der Waals surface area contributed by atoms with Crippen LogP contribution in [0.2, 0.25) is 0 Å². The van der Waals surface area contributed by atoms with Crippen molar-refractivity contribution in [2.75, 3.05) is 33.2 Å². The first-order valence-electron chi connectivity index (χ1n) is 5.57. The summed E-state index contributed by atoms with van der Waals surface area (Å²) >= 11 is 0. The fraction of sp³-hybridized carbons (Fsp3) is 1.00. The molecule has 13 heavy (non-hydrogen) atoms. The Morgan fingerprint density at radius 2 is 2.23 bits per heavy atom. The molecule has 0 aromatic carbocycles. The molecular formula is C11H24N2. The molecule has 0 spiro atoms. The van der Waals surface area contributed by atoms with Crippen LogP contribution in [0.25, 0.3) is 0 Å². The molecule has 0 aromatic heterocycles. The van der Waals surface area contributed by atoms with E-state index < -0.39 is 0 Å². The number of nitrogens with zero attached hydrogens (tertiary/aromatic N) is 1. The zero-order valence-electron chi connectivity index (χ0n) is 9.34. The minimum absolute atomic E-state index is 0.837. The van der Waals surface area contributed by atoms with E-state index in [-0.39, 0.29) is 0 Å². The van der Waals surface area contributed by atoms with Gasteiger partial charge in [0.2, 0.25) is 0 Å². The lowest BCUT2D eigenvalue weighted by Gasteiger charge is -2.21. The molecule has 0 bridgehead atoms. The van der Waals surface area contributed by atoms with E-state index in [2.05, 4.69) is 31.1 Å². The highest BCUT2D eigenvalue weighted by molar-refractivity contribution is 4.73. The number of nitrogens with one attached hydrogen (secondary N) is 1. The molecule has 1 fully saturated rings. The fourth-order valence-electron chi connectivity index (χ4n) is 1.88. The Morgan fingerprint density at radius 1 is 1.46 bits per heavy atom.